The van der Waals surface area contributed by atoms with E-state index < -0.39 is 0 Å². The average Bonchev–Trinajstić information content (AvgIpc) is 3.01. The maximum atomic E-state index is 5.80. The highest BCUT2D eigenvalue weighted by Gasteiger charge is 2.20. The van der Waals surface area contributed by atoms with Crippen LogP contribution in [-0.4, -0.2) is 53.7 Å². The van der Waals surface area contributed by atoms with Crippen molar-refractivity contribution in [2.45, 2.75) is 26.1 Å². The molecule has 2 aromatic rings. The van der Waals surface area contributed by atoms with Crippen LogP contribution in [0.4, 0.5) is 5.13 Å². The van der Waals surface area contributed by atoms with Crippen molar-refractivity contribution in [1.82, 2.24) is 14.8 Å². The fraction of sp³-hybridized carbons (Fsp3) is 0.500. The molecule has 1 aromatic carbocycles. The second-order valence-electron chi connectivity index (χ2n) is 6.32. The van der Waals surface area contributed by atoms with Gasteiger partial charge in [-0.15, -0.1) is 11.3 Å². The lowest BCUT2D eigenvalue weighted by molar-refractivity contribution is 0.0227. The van der Waals surface area contributed by atoms with Gasteiger partial charge in [0, 0.05) is 49.8 Å². The molecule has 130 valence electrons. The van der Waals surface area contributed by atoms with E-state index in [1.165, 1.54) is 10.4 Å². The van der Waals surface area contributed by atoms with E-state index in [9.17, 15) is 0 Å². The number of nitrogens with zero attached hydrogens (tertiary/aromatic N) is 3. The zero-order valence-electron chi connectivity index (χ0n) is 14.2. The van der Waals surface area contributed by atoms with Gasteiger partial charge >= 0.3 is 0 Å². The van der Waals surface area contributed by atoms with E-state index in [1.807, 2.05) is 6.20 Å². The minimum atomic E-state index is 0.451. The summed E-state index contributed by atoms with van der Waals surface area (Å²) in [5, 5.41) is 0.644. The Morgan fingerprint density at radius 1 is 1.25 bits per heavy atom. The number of hydrogen-bond donors (Lipinski definition) is 1. The van der Waals surface area contributed by atoms with E-state index >= 15 is 0 Å². The quantitative estimate of drug-likeness (QED) is 0.834. The van der Waals surface area contributed by atoms with Crippen LogP contribution in [0.3, 0.4) is 0 Å². The lowest BCUT2D eigenvalue weighted by Gasteiger charge is -2.35. The van der Waals surface area contributed by atoms with Crippen LogP contribution in [-0.2, 0) is 17.8 Å². The molecule has 1 unspecified atom stereocenters. The van der Waals surface area contributed by atoms with Crippen LogP contribution < -0.4 is 5.73 Å². The summed E-state index contributed by atoms with van der Waals surface area (Å²) in [4.78, 5) is 10.4. The second-order valence-corrected chi connectivity index (χ2v) is 7.46. The number of benzene rings is 1. The van der Waals surface area contributed by atoms with Crippen LogP contribution in [0.15, 0.2) is 36.5 Å². The Kier molecular flexibility index (Phi) is 6.20. The number of hydrogen-bond acceptors (Lipinski definition) is 6. The van der Waals surface area contributed by atoms with Crippen molar-refractivity contribution >= 4 is 16.5 Å². The third-order valence-electron chi connectivity index (χ3n) is 4.41. The smallest absolute Gasteiger partial charge is 0.180 e. The van der Waals surface area contributed by atoms with Crippen LogP contribution in [0.2, 0.25) is 0 Å². The van der Waals surface area contributed by atoms with E-state index in [4.69, 9.17) is 10.5 Å². The van der Waals surface area contributed by atoms with Gasteiger partial charge in [0.05, 0.1) is 13.2 Å². The summed E-state index contributed by atoms with van der Waals surface area (Å²) in [6, 6.07) is 11.1. The predicted molar refractivity (Wildman–Crippen MR) is 98.9 cm³/mol. The van der Waals surface area contributed by atoms with Crippen molar-refractivity contribution in [2.75, 3.05) is 38.6 Å². The molecule has 5 nitrogen and oxygen atoms in total. The molecule has 1 aliphatic rings. The van der Waals surface area contributed by atoms with Gasteiger partial charge in [-0.2, -0.15) is 0 Å². The molecule has 0 amide bonds. The SMILES string of the molecule is CC(CN1CCOCC1)N(Cc1ccccc1)Cc1cnc(N)s1. The molecular weight excluding hydrogens is 320 g/mol. The molecule has 1 aliphatic heterocycles. The highest BCUT2D eigenvalue weighted by molar-refractivity contribution is 7.15. The van der Waals surface area contributed by atoms with Gasteiger partial charge in [0.15, 0.2) is 5.13 Å². The fourth-order valence-electron chi connectivity index (χ4n) is 3.05. The molecule has 1 atom stereocenters. The lowest BCUT2D eigenvalue weighted by Crippen LogP contribution is -2.45. The Morgan fingerprint density at radius 3 is 2.67 bits per heavy atom. The first kappa shape index (κ1) is 17.4. The Labute approximate surface area is 148 Å². The first-order valence-electron chi connectivity index (χ1n) is 8.49. The third kappa shape index (κ3) is 5.01. The molecule has 0 aliphatic carbocycles. The highest BCUT2D eigenvalue weighted by Crippen LogP contribution is 2.20. The molecule has 3 rings (SSSR count). The maximum Gasteiger partial charge on any atom is 0.180 e. The third-order valence-corrected chi connectivity index (χ3v) is 5.22. The summed E-state index contributed by atoms with van der Waals surface area (Å²) in [7, 11) is 0. The maximum absolute atomic E-state index is 5.80. The summed E-state index contributed by atoms with van der Waals surface area (Å²) in [5.41, 5.74) is 7.14. The molecule has 0 radical (unpaired) electrons. The summed E-state index contributed by atoms with van der Waals surface area (Å²) < 4.78 is 5.46. The zero-order valence-corrected chi connectivity index (χ0v) is 15.0. The number of ether oxygens (including phenoxy) is 1. The van der Waals surface area contributed by atoms with Crippen LogP contribution >= 0.6 is 11.3 Å². The van der Waals surface area contributed by atoms with Gasteiger partial charge in [0.1, 0.15) is 0 Å². The molecule has 0 saturated carbocycles. The van der Waals surface area contributed by atoms with Crippen molar-refractivity contribution < 1.29 is 4.74 Å². The van der Waals surface area contributed by atoms with Crippen molar-refractivity contribution in [3.63, 3.8) is 0 Å². The molecule has 1 saturated heterocycles. The normalized spacial score (nSPS) is 17.2. The van der Waals surface area contributed by atoms with Crippen molar-refractivity contribution in [3.8, 4) is 0 Å². The largest absolute Gasteiger partial charge is 0.379 e. The molecule has 2 N–H and O–H groups in total. The van der Waals surface area contributed by atoms with Gasteiger partial charge in [0.25, 0.3) is 0 Å². The van der Waals surface area contributed by atoms with Crippen LogP contribution in [0.25, 0.3) is 0 Å². The van der Waals surface area contributed by atoms with Gasteiger partial charge in [-0.25, -0.2) is 4.98 Å². The van der Waals surface area contributed by atoms with Gasteiger partial charge < -0.3 is 10.5 Å². The van der Waals surface area contributed by atoms with E-state index in [1.54, 1.807) is 11.3 Å². The van der Waals surface area contributed by atoms with Crippen LogP contribution in [0.1, 0.15) is 17.4 Å². The summed E-state index contributed by atoms with van der Waals surface area (Å²) in [5.74, 6) is 0. The minimum Gasteiger partial charge on any atom is -0.379 e. The number of nitrogens with two attached hydrogens (primary N) is 1. The predicted octanol–water partition coefficient (Wildman–Crippen LogP) is 2.45. The van der Waals surface area contributed by atoms with E-state index in [0.717, 1.165) is 45.9 Å². The molecular formula is C18H26N4OS. The number of anilines is 1. The average molecular weight is 347 g/mol. The molecule has 6 heteroatoms. The van der Waals surface area contributed by atoms with Gasteiger partial charge in [-0.1, -0.05) is 30.3 Å². The van der Waals surface area contributed by atoms with Gasteiger partial charge in [-0.05, 0) is 12.5 Å². The summed E-state index contributed by atoms with van der Waals surface area (Å²) >= 11 is 1.58. The Bertz CT molecular complexity index is 612. The van der Waals surface area contributed by atoms with Crippen molar-refractivity contribution in [3.05, 3.63) is 47.0 Å². The molecule has 1 fully saturated rings. The summed E-state index contributed by atoms with van der Waals surface area (Å²) in [6.07, 6.45) is 1.90. The summed E-state index contributed by atoms with van der Waals surface area (Å²) in [6.45, 7) is 8.92. The van der Waals surface area contributed by atoms with Crippen LogP contribution in [0, 0.1) is 0 Å². The minimum absolute atomic E-state index is 0.451. The Morgan fingerprint density at radius 2 is 2.00 bits per heavy atom. The standard InChI is InChI=1S/C18H26N4OS/c1-15(12-21-7-9-23-10-8-21)22(13-16-5-3-2-4-6-16)14-17-11-20-18(19)24-17/h2-6,11,15H,7-10,12-14H2,1H3,(H2,19,20). The molecule has 1 aromatic heterocycles. The van der Waals surface area contributed by atoms with Crippen molar-refractivity contribution in [2.24, 2.45) is 0 Å². The van der Waals surface area contributed by atoms with E-state index in [-0.39, 0.29) is 0 Å². The van der Waals surface area contributed by atoms with E-state index in [0.29, 0.717) is 11.2 Å². The molecule has 2 heterocycles. The number of rotatable bonds is 7. The second kappa shape index (κ2) is 8.58. The number of thiazole rings is 1. The molecule has 24 heavy (non-hydrogen) atoms. The monoisotopic (exact) mass is 346 g/mol. The lowest BCUT2D eigenvalue weighted by atomic mass is 10.1. The number of morpholine rings is 1. The van der Waals surface area contributed by atoms with Gasteiger partial charge in [0.2, 0.25) is 0 Å². The number of aromatic nitrogens is 1. The fourth-order valence-corrected chi connectivity index (χ4v) is 3.76. The Hall–Kier alpha value is -1.47. The van der Waals surface area contributed by atoms with E-state index in [2.05, 4.69) is 52.0 Å². The highest BCUT2D eigenvalue weighted by atomic mass is 32.1. The first-order chi connectivity index (χ1) is 11.7. The van der Waals surface area contributed by atoms with Gasteiger partial charge in [-0.3, -0.25) is 9.80 Å². The van der Waals surface area contributed by atoms with Crippen molar-refractivity contribution in [1.29, 1.82) is 0 Å². The number of nitrogen functional groups attached to an aromatic ring is 1. The molecule has 0 bridgehead atoms. The Balaban J connectivity index is 1.67. The zero-order chi connectivity index (χ0) is 16.8. The molecule has 0 spiro atoms. The first-order valence-corrected chi connectivity index (χ1v) is 9.30. The van der Waals surface area contributed by atoms with Crippen LogP contribution in [0.5, 0.6) is 0 Å². The topological polar surface area (TPSA) is 54.6 Å².